The standard InChI is InChI=1S/C27H35F2N3O4S/c1-20(27(34)30-23-9-4-3-5-10-23)31(19-21-14-16-22(28)17-15-21)26(33)13-8-18-32(37(2,35)36)25-12-7-6-11-24(25)29/h6-7,11-12,14-17,20,23H,3-5,8-10,13,18-19H2,1-2H3,(H,30,34)/t20-/m0/s1. The van der Waals surface area contributed by atoms with Gasteiger partial charge in [0.15, 0.2) is 0 Å². The summed E-state index contributed by atoms with van der Waals surface area (Å²) in [5.74, 6) is -1.69. The number of carbonyl (C=O) groups is 2. The number of rotatable bonds is 11. The van der Waals surface area contributed by atoms with Crippen LogP contribution in [0.25, 0.3) is 0 Å². The van der Waals surface area contributed by atoms with E-state index in [0.717, 1.165) is 42.7 Å². The van der Waals surface area contributed by atoms with Gasteiger partial charge in [-0.15, -0.1) is 0 Å². The first-order valence-electron chi connectivity index (χ1n) is 12.6. The Bertz CT molecular complexity index is 1170. The number of anilines is 1. The van der Waals surface area contributed by atoms with Gasteiger partial charge in [-0.25, -0.2) is 17.2 Å². The second kappa shape index (κ2) is 13.0. The molecule has 0 spiro atoms. The Morgan fingerprint density at radius 2 is 1.68 bits per heavy atom. The number of para-hydroxylation sites is 1. The third-order valence-electron chi connectivity index (χ3n) is 6.66. The van der Waals surface area contributed by atoms with E-state index in [1.165, 1.54) is 35.2 Å². The fourth-order valence-corrected chi connectivity index (χ4v) is 5.54. The van der Waals surface area contributed by atoms with Crippen LogP contribution < -0.4 is 9.62 Å². The van der Waals surface area contributed by atoms with Gasteiger partial charge in [0, 0.05) is 25.6 Å². The van der Waals surface area contributed by atoms with Crippen LogP contribution in [0.15, 0.2) is 48.5 Å². The van der Waals surface area contributed by atoms with Crippen molar-refractivity contribution >= 4 is 27.5 Å². The van der Waals surface area contributed by atoms with Crippen LogP contribution in [0, 0.1) is 11.6 Å². The summed E-state index contributed by atoms with van der Waals surface area (Å²) in [7, 11) is -3.79. The van der Waals surface area contributed by atoms with Gasteiger partial charge in [-0.3, -0.25) is 13.9 Å². The lowest BCUT2D eigenvalue weighted by molar-refractivity contribution is -0.141. The second-order valence-corrected chi connectivity index (χ2v) is 11.5. The van der Waals surface area contributed by atoms with E-state index in [0.29, 0.717) is 5.56 Å². The molecule has 2 aromatic rings. The number of nitrogens with zero attached hydrogens (tertiary/aromatic N) is 2. The number of nitrogens with one attached hydrogen (secondary N) is 1. The average Bonchev–Trinajstić information content (AvgIpc) is 2.86. The van der Waals surface area contributed by atoms with Gasteiger partial charge >= 0.3 is 0 Å². The SMILES string of the molecule is C[C@@H](C(=O)NC1CCCCC1)N(Cc1ccc(F)cc1)C(=O)CCCN(c1ccccc1F)S(C)(=O)=O. The van der Waals surface area contributed by atoms with E-state index in [4.69, 9.17) is 0 Å². The molecule has 1 aliphatic rings. The molecule has 1 N–H and O–H groups in total. The van der Waals surface area contributed by atoms with Gasteiger partial charge in [-0.1, -0.05) is 43.5 Å². The van der Waals surface area contributed by atoms with Crippen LogP contribution in [0.1, 0.15) is 57.4 Å². The normalized spacial score (nSPS) is 15.1. The van der Waals surface area contributed by atoms with Crippen molar-refractivity contribution in [3.05, 3.63) is 65.7 Å². The molecule has 1 saturated carbocycles. The summed E-state index contributed by atoms with van der Waals surface area (Å²) >= 11 is 0. The van der Waals surface area contributed by atoms with Gasteiger partial charge in [0.2, 0.25) is 21.8 Å². The first-order chi connectivity index (χ1) is 17.6. The highest BCUT2D eigenvalue weighted by atomic mass is 32.2. The van der Waals surface area contributed by atoms with Crippen molar-refractivity contribution in [2.24, 2.45) is 0 Å². The minimum Gasteiger partial charge on any atom is -0.352 e. The van der Waals surface area contributed by atoms with Crippen LogP contribution in [0.5, 0.6) is 0 Å². The molecule has 1 atom stereocenters. The van der Waals surface area contributed by atoms with E-state index >= 15 is 0 Å². The van der Waals surface area contributed by atoms with Gasteiger partial charge in [0.25, 0.3) is 0 Å². The van der Waals surface area contributed by atoms with Crippen molar-refractivity contribution < 1.29 is 26.8 Å². The number of sulfonamides is 1. The molecule has 3 rings (SSSR count). The second-order valence-electron chi connectivity index (χ2n) is 9.56. The van der Waals surface area contributed by atoms with Gasteiger partial charge < -0.3 is 10.2 Å². The lowest BCUT2D eigenvalue weighted by Crippen LogP contribution is -2.50. The summed E-state index contributed by atoms with van der Waals surface area (Å²) in [6, 6.07) is 10.6. The van der Waals surface area contributed by atoms with Gasteiger partial charge in [0.05, 0.1) is 11.9 Å². The Hall–Kier alpha value is -3.01. The highest BCUT2D eigenvalue weighted by molar-refractivity contribution is 7.92. The minimum atomic E-state index is -3.79. The molecule has 1 fully saturated rings. The molecule has 202 valence electrons. The fraction of sp³-hybridized carbons (Fsp3) is 0.481. The average molecular weight is 536 g/mol. The number of benzene rings is 2. The molecular formula is C27H35F2N3O4S. The third kappa shape index (κ3) is 8.24. The van der Waals surface area contributed by atoms with Crippen LogP contribution >= 0.6 is 0 Å². The molecule has 0 unspecified atom stereocenters. The quantitative estimate of drug-likeness (QED) is 0.463. The Labute approximate surface area is 217 Å². The smallest absolute Gasteiger partial charge is 0.242 e. The summed E-state index contributed by atoms with van der Waals surface area (Å²) in [6.07, 6.45) is 6.12. The number of amides is 2. The molecule has 0 bridgehead atoms. The molecule has 0 radical (unpaired) electrons. The predicted octanol–water partition coefficient (Wildman–Crippen LogP) is 4.38. The predicted molar refractivity (Wildman–Crippen MR) is 139 cm³/mol. The minimum absolute atomic E-state index is 0.0529. The van der Waals surface area contributed by atoms with Gasteiger partial charge in [-0.2, -0.15) is 0 Å². The largest absolute Gasteiger partial charge is 0.352 e. The highest BCUT2D eigenvalue weighted by Gasteiger charge is 2.28. The molecule has 7 nitrogen and oxygen atoms in total. The molecule has 0 aliphatic heterocycles. The summed E-state index contributed by atoms with van der Waals surface area (Å²) in [5, 5.41) is 3.05. The number of hydrogen-bond donors (Lipinski definition) is 1. The summed E-state index contributed by atoms with van der Waals surface area (Å²) in [4.78, 5) is 27.8. The van der Waals surface area contributed by atoms with Crippen molar-refractivity contribution in [1.29, 1.82) is 0 Å². The summed E-state index contributed by atoms with van der Waals surface area (Å²) in [6.45, 7) is 1.65. The molecule has 1 aliphatic carbocycles. The number of hydrogen-bond acceptors (Lipinski definition) is 4. The Morgan fingerprint density at radius 3 is 2.30 bits per heavy atom. The van der Waals surface area contributed by atoms with E-state index in [-0.39, 0.29) is 49.5 Å². The highest BCUT2D eigenvalue weighted by Crippen LogP contribution is 2.23. The maximum Gasteiger partial charge on any atom is 0.242 e. The third-order valence-corrected chi connectivity index (χ3v) is 7.84. The zero-order valence-corrected chi connectivity index (χ0v) is 22.1. The van der Waals surface area contributed by atoms with Crippen LogP contribution in [-0.2, 0) is 26.2 Å². The van der Waals surface area contributed by atoms with Crippen LogP contribution in [0.3, 0.4) is 0 Å². The monoisotopic (exact) mass is 535 g/mol. The maximum atomic E-state index is 14.3. The van der Waals surface area contributed by atoms with Gasteiger partial charge in [-0.05, 0) is 56.0 Å². The molecular weight excluding hydrogens is 500 g/mol. The van der Waals surface area contributed by atoms with Crippen LogP contribution in [-0.4, -0.2) is 50.0 Å². The maximum absolute atomic E-state index is 14.3. The van der Waals surface area contributed by atoms with Gasteiger partial charge in [0.1, 0.15) is 17.7 Å². The van der Waals surface area contributed by atoms with E-state index < -0.39 is 27.7 Å². The molecule has 37 heavy (non-hydrogen) atoms. The van der Waals surface area contributed by atoms with Crippen molar-refractivity contribution in [3.8, 4) is 0 Å². The van der Waals surface area contributed by atoms with Crippen LogP contribution in [0.2, 0.25) is 0 Å². The molecule has 0 heterocycles. The molecule has 0 saturated heterocycles. The summed E-state index contributed by atoms with van der Waals surface area (Å²) < 4.78 is 53.3. The Morgan fingerprint density at radius 1 is 1.03 bits per heavy atom. The Kier molecular flexibility index (Phi) is 10.0. The van der Waals surface area contributed by atoms with Crippen molar-refractivity contribution in [2.45, 2.75) is 70.5 Å². The lowest BCUT2D eigenvalue weighted by atomic mass is 9.95. The topological polar surface area (TPSA) is 86.8 Å². The molecule has 2 amide bonds. The molecule has 0 aromatic heterocycles. The molecule has 10 heteroatoms. The number of halogens is 2. The first-order valence-corrected chi connectivity index (χ1v) is 14.5. The van der Waals surface area contributed by atoms with Crippen molar-refractivity contribution in [3.63, 3.8) is 0 Å². The van der Waals surface area contributed by atoms with E-state index in [1.807, 2.05) is 0 Å². The fourth-order valence-electron chi connectivity index (χ4n) is 4.57. The van der Waals surface area contributed by atoms with E-state index in [2.05, 4.69) is 5.32 Å². The van der Waals surface area contributed by atoms with E-state index in [1.54, 1.807) is 25.1 Å². The summed E-state index contributed by atoms with van der Waals surface area (Å²) in [5.41, 5.74) is 0.581. The van der Waals surface area contributed by atoms with Crippen molar-refractivity contribution in [1.82, 2.24) is 10.2 Å². The van der Waals surface area contributed by atoms with Crippen LogP contribution in [0.4, 0.5) is 14.5 Å². The lowest BCUT2D eigenvalue weighted by Gasteiger charge is -2.31. The number of carbonyl (C=O) groups excluding carboxylic acids is 2. The Balaban J connectivity index is 1.71. The molecule has 2 aromatic carbocycles. The van der Waals surface area contributed by atoms with Crippen molar-refractivity contribution in [2.75, 3.05) is 17.1 Å². The van der Waals surface area contributed by atoms with E-state index in [9.17, 15) is 26.8 Å². The first kappa shape index (κ1) is 28.6. The zero-order valence-electron chi connectivity index (χ0n) is 21.3. The zero-order chi connectivity index (χ0) is 27.0.